The van der Waals surface area contributed by atoms with Gasteiger partial charge in [-0.1, -0.05) is 12.1 Å². The van der Waals surface area contributed by atoms with Gasteiger partial charge in [-0.25, -0.2) is 0 Å². The maximum absolute atomic E-state index is 9.40. The molecule has 0 radical (unpaired) electrons. The minimum atomic E-state index is -0.425. The number of hydrogen-bond donors (Lipinski definition) is 1. The van der Waals surface area contributed by atoms with E-state index in [1.165, 1.54) is 0 Å². The minimum absolute atomic E-state index is 0.425. The molecule has 1 unspecified atom stereocenters. The zero-order valence-corrected chi connectivity index (χ0v) is 9.36. The van der Waals surface area contributed by atoms with Crippen molar-refractivity contribution in [3.8, 4) is 5.75 Å². The van der Waals surface area contributed by atoms with E-state index in [0.717, 1.165) is 23.3 Å². The molecule has 0 aromatic heterocycles. The average molecular weight is 206 g/mol. The Morgan fingerprint density at radius 2 is 2.27 bits per heavy atom. The van der Waals surface area contributed by atoms with Crippen LogP contribution in [0.5, 0.6) is 5.75 Å². The Bertz CT molecular complexity index is 329. The topological polar surface area (TPSA) is 29.5 Å². The van der Waals surface area contributed by atoms with Crippen LogP contribution in [0.3, 0.4) is 0 Å². The standard InChI is InChI=1S/C13H18O2/c1-4-5-8-15-13-7-6-12(11(3)14)9-10(13)2/h4,6-7,9,11,14H,1,5,8H2,2-3H3. The first-order valence-corrected chi connectivity index (χ1v) is 5.17. The molecular weight excluding hydrogens is 188 g/mol. The molecule has 0 aliphatic rings. The second kappa shape index (κ2) is 5.56. The Morgan fingerprint density at radius 1 is 1.53 bits per heavy atom. The highest BCUT2D eigenvalue weighted by Gasteiger charge is 2.04. The summed E-state index contributed by atoms with van der Waals surface area (Å²) in [7, 11) is 0. The molecule has 1 rings (SSSR count). The maximum Gasteiger partial charge on any atom is 0.122 e. The van der Waals surface area contributed by atoms with Gasteiger partial charge in [-0.15, -0.1) is 6.58 Å². The molecule has 15 heavy (non-hydrogen) atoms. The summed E-state index contributed by atoms with van der Waals surface area (Å²) >= 11 is 0. The van der Waals surface area contributed by atoms with Crippen LogP contribution in [0.25, 0.3) is 0 Å². The van der Waals surface area contributed by atoms with E-state index in [4.69, 9.17) is 4.74 Å². The Kier molecular flexibility index (Phi) is 4.37. The first-order valence-electron chi connectivity index (χ1n) is 5.17. The summed E-state index contributed by atoms with van der Waals surface area (Å²) in [5, 5.41) is 9.40. The molecule has 0 fully saturated rings. The summed E-state index contributed by atoms with van der Waals surface area (Å²) < 4.78 is 5.56. The van der Waals surface area contributed by atoms with Crippen molar-refractivity contribution in [1.29, 1.82) is 0 Å². The fourth-order valence-corrected chi connectivity index (χ4v) is 1.35. The van der Waals surface area contributed by atoms with Crippen molar-refractivity contribution < 1.29 is 9.84 Å². The molecule has 2 heteroatoms. The number of rotatable bonds is 5. The number of hydrogen-bond acceptors (Lipinski definition) is 2. The Morgan fingerprint density at radius 3 is 2.80 bits per heavy atom. The van der Waals surface area contributed by atoms with Crippen LogP contribution in [0.2, 0.25) is 0 Å². The Hall–Kier alpha value is -1.28. The van der Waals surface area contributed by atoms with Crippen LogP contribution in [0.1, 0.15) is 30.6 Å². The molecule has 0 bridgehead atoms. The van der Waals surface area contributed by atoms with Gasteiger partial charge in [0, 0.05) is 0 Å². The van der Waals surface area contributed by atoms with Gasteiger partial charge in [0.15, 0.2) is 0 Å². The number of aryl methyl sites for hydroxylation is 1. The summed E-state index contributed by atoms with van der Waals surface area (Å²) in [6, 6.07) is 5.75. The van der Waals surface area contributed by atoms with Gasteiger partial charge in [-0.2, -0.15) is 0 Å². The lowest BCUT2D eigenvalue weighted by Gasteiger charge is -2.11. The van der Waals surface area contributed by atoms with Gasteiger partial charge in [-0.3, -0.25) is 0 Å². The molecule has 0 saturated carbocycles. The van der Waals surface area contributed by atoms with Gasteiger partial charge in [0.25, 0.3) is 0 Å². The largest absolute Gasteiger partial charge is 0.493 e. The van der Waals surface area contributed by atoms with Gasteiger partial charge in [0.1, 0.15) is 5.75 Å². The summed E-state index contributed by atoms with van der Waals surface area (Å²) in [5.41, 5.74) is 1.97. The molecular formula is C13H18O2. The third-order valence-corrected chi connectivity index (χ3v) is 2.26. The monoisotopic (exact) mass is 206 g/mol. The number of benzene rings is 1. The number of aliphatic hydroxyl groups excluding tert-OH is 1. The molecule has 0 aliphatic heterocycles. The van der Waals surface area contributed by atoms with Crippen LogP contribution in [0, 0.1) is 6.92 Å². The summed E-state index contributed by atoms with van der Waals surface area (Å²) in [4.78, 5) is 0. The quantitative estimate of drug-likeness (QED) is 0.592. The lowest BCUT2D eigenvalue weighted by molar-refractivity contribution is 0.199. The van der Waals surface area contributed by atoms with Crippen LogP contribution >= 0.6 is 0 Å². The van der Waals surface area contributed by atoms with E-state index in [1.807, 2.05) is 31.2 Å². The van der Waals surface area contributed by atoms with Crippen LogP contribution < -0.4 is 4.74 Å². The zero-order valence-electron chi connectivity index (χ0n) is 9.36. The number of aliphatic hydroxyl groups is 1. The molecule has 1 atom stereocenters. The highest BCUT2D eigenvalue weighted by molar-refractivity contribution is 5.36. The van der Waals surface area contributed by atoms with Crippen molar-refractivity contribution in [3.63, 3.8) is 0 Å². The molecule has 1 aromatic carbocycles. The van der Waals surface area contributed by atoms with Gasteiger partial charge >= 0.3 is 0 Å². The zero-order chi connectivity index (χ0) is 11.3. The average Bonchev–Trinajstić information content (AvgIpc) is 2.20. The van der Waals surface area contributed by atoms with E-state index in [0.29, 0.717) is 6.61 Å². The highest BCUT2D eigenvalue weighted by Crippen LogP contribution is 2.22. The lowest BCUT2D eigenvalue weighted by atomic mass is 10.1. The third-order valence-electron chi connectivity index (χ3n) is 2.26. The van der Waals surface area contributed by atoms with Crippen LogP contribution in [0.15, 0.2) is 30.9 Å². The second-order valence-corrected chi connectivity index (χ2v) is 3.63. The second-order valence-electron chi connectivity index (χ2n) is 3.63. The van der Waals surface area contributed by atoms with Gasteiger partial charge < -0.3 is 9.84 Å². The molecule has 82 valence electrons. The predicted molar refractivity (Wildman–Crippen MR) is 62.1 cm³/mol. The van der Waals surface area contributed by atoms with Gasteiger partial charge in [0.05, 0.1) is 12.7 Å². The van der Waals surface area contributed by atoms with Crippen molar-refractivity contribution in [2.45, 2.75) is 26.4 Å². The SMILES string of the molecule is C=CCCOc1ccc(C(C)O)cc1C. The Labute approximate surface area is 91.2 Å². The predicted octanol–water partition coefficient (Wildman–Crippen LogP) is 3.00. The molecule has 2 nitrogen and oxygen atoms in total. The lowest BCUT2D eigenvalue weighted by Crippen LogP contribution is -1.99. The van der Waals surface area contributed by atoms with E-state index in [2.05, 4.69) is 6.58 Å². The summed E-state index contributed by atoms with van der Waals surface area (Å²) in [5.74, 6) is 0.876. The van der Waals surface area contributed by atoms with E-state index >= 15 is 0 Å². The summed E-state index contributed by atoms with van der Waals surface area (Å²) in [6.07, 6.45) is 2.25. The molecule has 1 aromatic rings. The van der Waals surface area contributed by atoms with E-state index in [1.54, 1.807) is 6.92 Å². The molecule has 1 N–H and O–H groups in total. The van der Waals surface area contributed by atoms with E-state index < -0.39 is 6.10 Å². The van der Waals surface area contributed by atoms with Crippen LogP contribution in [-0.4, -0.2) is 11.7 Å². The van der Waals surface area contributed by atoms with Crippen molar-refractivity contribution in [2.75, 3.05) is 6.61 Å². The fraction of sp³-hybridized carbons (Fsp3) is 0.385. The smallest absolute Gasteiger partial charge is 0.122 e. The van der Waals surface area contributed by atoms with E-state index in [-0.39, 0.29) is 0 Å². The molecule has 0 spiro atoms. The van der Waals surface area contributed by atoms with Crippen molar-refractivity contribution in [1.82, 2.24) is 0 Å². The first kappa shape index (κ1) is 11.8. The molecule has 0 heterocycles. The van der Waals surface area contributed by atoms with Gasteiger partial charge in [0.2, 0.25) is 0 Å². The highest BCUT2D eigenvalue weighted by atomic mass is 16.5. The normalized spacial score (nSPS) is 12.2. The van der Waals surface area contributed by atoms with Crippen molar-refractivity contribution in [3.05, 3.63) is 42.0 Å². The fourth-order valence-electron chi connectivity index (χ4n) is 1.35. The molecule has 0 aliphatic carbocycles. The van der Waals surface area contributed by atoms with Gasteiger partial charge in [-0.05, 0) is 43.5 Å². The maximum atomic E-state index is 9.40. The number of ether oxygens (including phenoxy) is 1. The third kappa shape index (κ3) is 3.40. The van der Waals surface area contributed by atoms with Crippen LogP contribution in [0.4, 0.5) is 0 Å². The van der Waals surface area contributed by atoms with Crippen LogP contribution in [-0.2, 0) is 0 Å². The van der Waals surface area contributed by atoms with Crippen molar-refractivity contribution in [2.24, 2.45) is 0 Å². The van der Waals surface area contributed by atoms with Crippen molar-refractivity contribution >= 4 is 0 Å². The summed E-state index contributed by atoms with van der Waals surface area (Å²) in [6.45, 7) is 8.03. The minimum Gasteiger partial charge on any atom is -0.493 e. The Balaban J connectivity index is 2.70. The molecule has 0 saturated heterocycles. The molecule has 0 amide bonds. The first-order chi connectivity index (χ1) is 7.15. The van der Waals surface area contributed by atoms with E-state index in [9.17, 15) is 5.11 Å².